The summed E-state index contributed by atoms with van der Waals surface area (Å²) in [5, 5.41) is 33.8. The normalized spacial score (nSPS) is 13.3. The number of nitrogens with zero attached hydrogens (tertiary/aromatic N) is 3. The summed E-state index contributed by atoms with van der Waals surface area (Å²) in [7, 11) is 0. The lowest BCUT2D eigenvalue weighted by atomic mass is 10.1. The van der Waals surface area contributed by atoms with E-state index in [0.717, 1.165) is 50.5 Å². The summed E-state index contributed by atoms with van der Waals surface area (Å²) in [6, 6.07) is 21.2. The molecular weight excluding hydrogens is 556 g/mol. The van der Waals surface area contributed by atoms with Crippen LogP contribution in [0.1, 0.15) is 5.56 Å². The molecule has 224 valence electrons. The van der Waals surface area contributed by atoms with Crippen LogP contribution in [0.3, 0.4) is 0 Å². The molecule has 5 N–H and O–H groups in total. The second-order valence-electron chi connectivity index (χ2n) is 9.32. The van der Waals surface area contributed by atoms with Crippen LogP contribution in [-0.2, 0) is 25.6 Å². The maximum absolute atomic E-state index is 9.55. The quantitative estimate of drug-likeness (QED) is 0.190. The SMILES string of the molecule is O=C(O)/C=C\C(=O)O.O=C(O)/C=C\C(=O)O.c1ccc2nc(N3CCN(CCc4c[nH]c5ccccc45)CC3)ccc2c1. The molecule has 0 aliphatic carbocycles. The average Bonchev–Trinajstić information content (AvgIpc) is 3.42. The number of nitrogens with one attached hydrogen (secondary N) is 1. The molecule has 0 saturated carbocycles. The maximum atomic E-state index is 9.55. The van der Waals surface area contributed by atoms with Crippen molar-refractivity contribution in [3.05, 3.63) is 96.7 Å². The van der Waals surface area contributed by atoms with Crippen LogP contribution in [0, 0.1) is 0 Å². The van der Waals surface area contributed by atoms with Crippen molar-refractivity contribution in [2.75, 3.05) is 37.6 Å². The fourth-order valence-corrected chi connectivity index (χ4v) is 4.33. The molecule has 0 unspecified atom stereocenters. The zero-order valence-corrected chi connectivity index (χ0v) is 23.2. The minimum Gasteiger partial charge on any atom is -0.478 e. The molecule has 3 heterocycles. The summed E-state index contributed by atoms with van der Waals surface area (Å²) in [6.07, 6.45) is 5.49. The van der Waals surface area contributed by atoms with Crippen molar-refractivity contribution in [2.24, 2.45) is 0 Å². The molecule has 0 amide bonds. The fourth-order valence-electron chi connectivity index (χ4n) is 4.33. The lowest BCUT2D eigenvalue weighted by Crippen LogP contribution is -2.47. The minimum absolute atomic E-state index is 0.558. The molecule has 12 nitrogen and oxygen atoms in total. The van der Waals surface area contributed by atoms with Gasteiger partial charge in [-0.3, -0.25) is 4.90 Å². The molecule has 5 rings (SSSR count). The molecule has 2 aromatic heterocycles. The zero-order chi connectivity index (χ0) is 31.2. The van der Waals surface area contributed by atoms with Gasteiger partial charge >= 0.3 is 23.9 Å². The van der Waals surface area contributed by atoms with Crippen LogP contribution in [0.15, 0.2) is 91.2 Å². The van der Waals surface area contributed by atoms with Crippen molar-refractivity contribution in [1.82, 2.24) is 14.9 Å². The molecule has 1 saturated heterocycles. The average molecular weight is 589 g/mol. The van der Waals surface area contributed by atoms with Crippen LogP contribution in [0.4, 0.5) is 5.82 Å². The largest absolute Gasteiger partial charge is 0.478 e. The Kier molecular flexibility index (Phi) is 12.0. The first-order chi connectivity index (χ1) is 20.6. The number of aromatic nitrogens is 2. The number of para-hydroxylation sites is 2. The Hall–Kier alpha value is -5.49. The molecule has 2 aromatic carbocycles. The predicted octanol–water partition coefficient (Wildman–Crippen LogP) is 3.50. The van der Waals surface area contributed by atoms with Gasteiger partial charge in [-0.1, -0.05) is 36.4 Å². The van der Waals surface area contributed by atoms with E-state index in [9.17, 15) is 19.2 Å². The van der Waals surface area contributed by atoms with Crippen LogP contribution in [-0.4, -0.2) is 91.9 Å². The number of hydrogen-bond acceptors (Lipinski definition) is 7. The van der Waals surface area contributed by atoms with Crippen molar-refractivity contribution in [3.8, 4) is 0 Å². The Morgan fingerprint density at radius 2 is 1.28 bits per heavy atom. The van der Waals surface area contributed by atoms with Gasteiger partial charge < -0.3 is 30.3 Å². The molecule has 1 fully saturated rings. The summed E-state index contributed by atoms with van der Waals surface area (Å²) >= 11 is 0. The minimum atomic E-state index is -1.26. The number of carbonyl (C=O) groups is 4. The fraction of sp³-hybridized carbons (Fsp3) is 0.194. The van der Waals surface area contributed by atoms with Gasteiger partial charge in [0.2, 0.25) is 0 Å². The van der Waals surface area contributed by atoms with Crippen molar-refractivity contribution >= 4 is 51.5 Å². The topological polar surface area (TPSA) is 184 Å². The number of carboxylic acids is 4. The molecule has 43 heavy (non-hydrogen) atoms. The van der Waals surface area contributed by atoms with Crippen molar-refractivity contribution in [2.45, 2.75) is 6.42 Å². The smallest absolute Gasteiger partial charge is 0.328 e. The van der Waals surface area contributed by atoms with Crippen molar-refractivity contribution < 1.29 is 39.6 Å². The predicted molar refractivity (Wildman–Crippen MR) is 161 cm³/mol. The van der Waals surface area contributed by atoms with E-state index in [-0.39, 0.29) is 0 Å². The Morgan fingerprint density at radius 1 is 0.721 bits per heavy atom. The first kappa shape index (κ1) is 32.0. The maximum Gasteiger partial charge on any atom is 0.328 e. The number of piperazine rings is 1. The van der Waals surface area contributed by atoms with Gasteiger partial charge in [0.1, 0.15) is 5.82 Å². The summed E-state index contributed by atoms with van der Waals surface area (Å²) in [5.74, 6) is -3.93. The van der Waals surface area contributed by atoms with Crippen LogP contribution < -0.4 is 4.90 Å². The highest BCUT2D eigenvalue weighted by atomic mass is 16.4. The van der Waals surface area contributed by atoms with E-state index in [1.54, 1.807) is 0 Å². The van der Waals surface area contributed by atoms with Crippen LogP contribution in [0.2, 0.25) is 0 Å². The van der Waals surface area contributed by atoms with E-state index >= 15 is 0 Å². The number of H-pyrrole nitrogens is 1. The number of aromatic amines is 1. The Balaban J connectivity index is 0.000000263. The molecule has 1 aliphatic heterocycles. The number of aliphatic carboxylic acids is 4. The molecule has 1 aliphatic rings. The molecule has 0 bridgehead atoms. The van der Waals surface area contributed by atoms with Gasteiger partial charge in [-0.15, -0.1) is 0 Å². The molecule has 4 aromatic rings. The van der Waals surface area contributed by atoms with E-state index in [1.807, 2.05) is 0 Å². The summed E-state index contributed by atoms with van der Waals surface area (Å²) in [4.78, 5) is 51.4. The van der Waals surface area contributed by atoms with Gasteiger partial charge in [0.15, 0.2) is 0 Å². The van der Waals surface area contributed by atoms with Gasteiger partial charge in [0, 0.05) is 79.5 Å². The van der Waals surface area contributed by atoms with E-state index in [1.165, 1.54) is 21.9 Å². The highest BCUT2D eigenvalue weighted by Crippen LogP contribution is 2.21. The van der Waals surface area contributed by atoms with E-state index < -0.39 is 23.9 Å². The number of fused-ring (bicyclic) bond motifs is 2. The van der Waals surface area contributed by atoms with Gasteiger partial charge in [-0.25, -0.2) is 24.2 Å². The Bertz CT molecular complexity index is 1550. The summed E-state index contributed by atoms with van der Waals surface area (Å²) in [5.41, 5.74) is 3.74. The van der Waals surface area contributed by atoms with E-state index in [2.05, 4.69) is 81.6 Å². The molecule has 0 spiro atoms. The molecule has 0 atom stereocenters. The lowest BCUT2D eigenvalue weighted by Gasteiger charge is -2.35. The molecule has 12 heteroatoms. The second kappa shape index (κ2) is 16.1. The number of benzene rings is 2. The second-order valence-corrected chi connectivity index (χ2v) is 9.32. The number of hydrogen-bond donors (Lipinski definition) is 5. The highest BCUT2D eigenvalue weighted by molar-refractivity contribution is 5.90. The Labute approximate surface area is 246 Å². The third kappa shape index (κ3) is 10.8. The number of carboxylic acid groups (broad SMARTS) is 4. The van der Waals surface area contributed by atoms with Gasteiger partial charge in [0.25, 0.3) is 0 Å². The molecular formula is C31H32N4O8. The Morgan fingerprint density at radius 3 is 1.88 bits per heavy atom. The monoisotopic (exact) mass is 588 g/mol. The van der Waals surface area contributed by atoms with Crippen molar-refractivity contribution in [1.29, 1.82) is 0 Å². The number of anilines is 1. The summed E-state index contributed by atoms with van der Waals surface area (Å²) in [6.45, 7) is 5.38. The first-order valence-electron chi connectivity index (χ1n) is 13.3. The summed E-state index contributed by atoms with van der Waals surface area (Å²) < 4.78 is 0. The van der Waals surface area contributed by atoms with Gasteiger partial charge in [-0.05, 0) is 36.2 Å². The third-order valence-electron chi connectivity index (χ3n) is 6.39. The third-order valence-corrected chi connectivity index (χ3v) is 6.39. The van der Waals surface area contributed by atoms with Gasteiger partial charge in [-0.2, -0.15) is 0 Å². The molecule has 0 radical (unpaired) electrons. The number of pyridine rings is 1. The number of rotatable bonds is 8. The zero-order valence-electron chi connectivity index (χ0n) is 23.2. The standard InChI is InChI=1S/C23H24N4.2C4H4O4/c1-3-7-21-18(5-1)9-10-23(25-21)27-15-13-26(14-16-27)12-11-19-17-24-22-8-4-2-6-20(19)22;2*5-3(6)1-2-4(7)8/h1-10,17,24H,11-16H2;2*1-2H,(H,5,6)(H,7,8)/b;2*2-1-. The van der Waals surface area contributed by atoms with E-state index in [4.69, 9.17) is 25.4 Å². The van der Waals surface area contributed by atoms with Crippen molar-refractivity contribution in [3.63, 3.8) is 0 Å². The van der Waals surface area contributed by atoms with Crippen LogP contribution >= 0.6 is 0 Å². The van der Waals surface area contributed by atoms with E-state index in [0.29, 0.717) is 24.3 Å². The van der Waals surface area contributed by atoms with Gasteiger partial charge in [0.05, 0.1) is 5.52 Å². The first-order valence-corrected chi connectivity index (χ1v) is 13.3. The lowest BCUT2D eigenvalue weighted by molar-refractivity contribution is -0.134. The van der Waals surface area contributed by atoms with Crippen LogP contribution in [0.5, 0.6) is 0 Å². The van der Waals surface area contributed by atoms with Crippen LogP contribution in [0.25, 0.3) is 21.8 Å². The highest BCUT2D eigenvalue weighted by Gasteiger charge is 2.18.